The molecule has 3 aromatic rings. The minimum absolute atomic E-state index is 0.207. The Labute approximate surface area is 179 Å². The zero-order valence-corrected chi connectivity index (χ0v) is 17.2. The number of anilines is 1. The van der Waals surface area contributed by atoms with Gasteiger partial charge in [0.15, 0.2) is 0 Å². The van der Waals surface area contributed by atoms with E-state index in [2.05, 4.69) is 31.8 Å². The molecule has 0 atom stereocenters. The predicted molar refractivity (Wildman–Crippen MR) is 115 cm³/mol. The monoisotopic (exact) mass is 473 g/mol. The molecule has 0 unspecified atom stereocenters. The van der Waals surface area contributed by atoms with Gasteiger partial charge in [0.1, 0.15) is 5.82 Å². The van der Waals surface area contributed by atoms with Crippen LogP contribution in [-0.2, 0) is 0 Å². The summed E-state index contributed by atoms with van der Waals surface area (Å²) in [6, 6.07) is 16.9. The number of hydrogen-bond donors (Lipinski definition) is 2. The Morgan fingerprint density at radius 2 is 1.76 bits per heavy atom. The number of hydrazone groups is 1. The van der Waals surface area contributed by atoms with Crippen molar-refractivity contribution < 1.29 is 14.0 Å². The van der Waals surface area contributed by atoms with Gasteiger partial charge in [0.05, 0.1) is 17.5 Å². The molecular formula is C21H14BrClFN3O2. The highest BCUT2D eigenvalue weighted by molar-refractivity contribution is 9.10. The molecule has 5 nitrogen and oxygen atoms in total. The molecule has 0 saturated heterocycles. The average molecular weight is 475 g/mol. The third kappa shape index (κ3) is 5.73. The minimum atomic E-state index is -0.515. The normalized spacial score (nSPS) is 10.7. The van der Waals surface area contributed by atoms with E-state index in [0.717, 1.165) is 5.56 Å². The lowest BCUT2D eigenvalue weighted by molar-refractivity contribution is 0.0956. The number of hydrogen-bond acceptors (Lipinski definition) is 3. The molecule has 29 heavy (non-hydrogen) atoms. The minimum Gasteiger partial charge on any atom is -0.321 e. The lowest BCUT2D eigenvalue weighted by atomic mass is 10.1. The van der Waals surface area contributed by atoms with Gasteiger partial charge in [0.2, 0.25) is 0 Å². The van der Waals surface area contributed by atoms with E-state index in [1.54, 1.807) is 42.5 Å². The van der Waals surface area contributed by atoms with Gasteiger partial charge in [-0.05, 0) is 60.2 Å². The van der Waals surface area contributed by atoms with Gasteiger partial charge in [-0.25, -0.2) is 9.82 Å². The van der Waals surface area contributed by atoms with Crippen molar-refractivity contribution in [2.24, 2.45) is 5.10 Å². The van der Waals surface area contributed by atoms with Gasteiger partial charge in [0.25, 0.3) is 11.8 Å². The smallest absolute Gasteiger partial charge is 0.273 e. The number of amides is 2. The Balaban J connectivity index is 1.76. The maximum Gasteiger partial charge on any atom is 0.273 e. The maximum absolute atomic E-state index is 13.0. The van der Waals surface area contributed by atoms with Crippen molar-refractivity contribution in [3.05, 3.63) is 98.7 Å². The Kier molecular flexibility index (Phi) is 6.74. The summed E-state index contributed by atoms with van der Waals surface area (Å²) in [6.07, 6.45) is 1.46. The first kappa shape index (κ1) is 20.7. The molecule has 2 amide bonds. The molecule has 0 heterocycles. The number of rotatable bonds is 5. The maximum atomic E-state index is 13.0. The molecule has 0 radical (unpaired) electrons. The number of halogens is 3. The Hall–Kier alpha value is -3.03. The van der Waals surface area contributed by atoms with Gasteiger partial charge in [-0.3, -0.25) is 9.59 Å². The van der Waals surface area contributed by atoms with E-state index in [1.807, 2.05) is 0 Å². The first-order chi connectivity index (χ1) is 13.9. The molecule has 0 aromatic heterocycles. The van der Waals surface area contributed by atoms with Gasteiger partial charge in [0, 0.05) is 15.1 Å². The Morgan fingerprint density at radius 3 is 2.48 bits per heavy atom. The Bertz CT molecular complexity index is 1090. The average Bonchev–Trinajstić information content (AvgIpc) is 2.69. The van der Waals surface area contributed by atoms with Gasteiger partial charge in [-0.2, -0.15) is 5.10 Å². The molecule has 146 valence electrons. The summed E-state index contributed by atoms with van der Waals surface area (Å²) < 4.78 is 13.7. The predicted octanol–water partition coefficient (Wildman–Crippen LogP) is 5.26. The summed E-state index contributed by atoms with van der Waals surface area (Å²) in [5.41, 5.74) is 3.90. The van der Waals surface area contributed by atoms with Gasteiger partial charge in [-0.15, -0.1) is 0 Å². The van der Waals surface area contributed by atoms with Crippen LogP contribution in [0.4, 0.5) is 10.1 Å². The second-order valence-electron chi connectivity index (χ2n) is 5.91. The van der Waals surface area contributed by atoms with Crippen LogP contribution < -0.4 is 10.7 Å². The lowest BCUT2D eigenvalue weighted by Gasteiger charge is -2.11. The van der Waals surface area contributed by atoms with Crippen LogP contribution in [0.15, 0.2) is 76.3 Å². The molecule has 3 aromatic carbocycles. The van der Waals surface area contributed by atoms with Crippen LogP contribution in [0.2, 0.25) is 5.02 Å². The lowest BCUT2D eigenvalue weighted by Crippen LogP contribution is -2.21. The Morgan fingerprint density at radius 1 is 1.00 bits per heavy atom. The second-order valence-corrected chi connectivity index (χ2v) is 7.26. The fourth-order valence-corrected chi connectivity index (χ4v) is 2.98. The van der Waals surface area contributed by atoms with Crippen LogP contribution in [0, 0.1) is 5.82 Å². The SMILES string of the molecule is O=C(Nc1ccc(Br)cc1C(=O)N/N=C/c1cccc(Cl)c1)c1ccc(F)cc1. The van der Waals surface area contributed by atoms with E-state index >= 15 is 0 Å². The number of nitrogens with one attached hydrogen (secondary N) is 2. The molecule has 0 bridgehead atoms. The van der Waals surface area contributed by atoms with Crippen LogP contribution in [-0.4, -0.2) is 18.0 Å². The summed E-state index contributed by atoms with van der Waals surface area (Å²) in [5, 5.41) is 7.14. The molecule has 0 aliphatic carbocycles. The van der Waals surface area contributed by atoms with Crippen LogP contribution in [0.3, 0.4) is 0 Å². The molecule has 2 N–H and O–H groups in total. The van der Waals surface area contributed by atoms with Crippen molar-refractivity contribution in [1.82, 2.24) is 5.43 Å². The van der Waals surface area contributed by atoms with Crippen LogP contribution in [0.25, 0.3) is 0 Å². The number of benzene rings is 3. The fraction of sp³-hybridized carbons (Fsp3) is 0. The van der Waals surface area contributed by atoms with Crippen molar-refractivity contribution in [1.29, 1.82) is 0 Å². The molecule has 0 saturated carbocycles. The first-order valence-electron chi connectivity index (χ1n) is 8.38. The van der Waals surface area contributed by atoms with E-state index in [1.165, 1.54) is 30.5 Å². The van der Waals surface area contributed by atoms with Crippen molar-refractivity contribution in [2.75, 3.05) is 5.32 Å². The van der Waals surface area contributed by atoms with Crippen LogP contribution in [0.5, 0.6) is 0 Å². The van der Waals surface area contributed by atoms with Crippen molar-refractivity contribution in [3.8, 4) is 0 Å². The van der Waals surface area contributed by atoms with Crippen molar-refractivity contribution >= 4 is 51.2 Å². The molecule has 3 rings (SSSR count). The highest BCUT2D eigenvalue weighted by Gasteiger charge is 2.15. The zero-order valence-electron chi connectivity index (χ0n) is 14.8. The van der Waals surface area contributed by atoms with E-state index in [-0.39, 0.29) is 16.8 Å². The number of carbonyl (C=O) groups excluding carboxylic acids is 2. The first-order valence-corrected chi connectivity index (χ1v) is 9.55. The molecule has 0 aliphatic heterocycles. The summed E-state index contributed by atoms with van der Waals surface area (Å²) in [6.45, 7) is 0. The highest BCUT2D eigenvalue weighted by atomic mass is 79.9. The summed E-state index contributed by atoms with van der Waals surface area (Å²) >= 11 is 9.22. The highest BCUT2D eigenvalue weighted by Crippen LogP contribution is 2.22. The second kappa shape index (κ2) is 9.45. The van der Waals surface area contributed by atoms with E-state index in [0.29, 0.717) is 9.50 Å². The summed E-state index contributed by atoms with van der Waals surface area (Å²) in [7, 11) is 0. The third-order valence-corrected chi connectivity index (χ3v) is 4.54. The van der Waals surface area contributed by atoms with Gasteiger partial charge < -0.3 is 5.32 Å². The largest absolute Gasteiger partial charge is 0.321 e. The number of nitrogens with zero attached hydrogens (tertiary/aromatic N) is 1. The van der Waals surface area contributed by atoms with E-state index in [4.69, 9.17) is 11.6 Å². The third-order valence-electron chi connectivity index (χ3n) is 3.81. The molecule has 0 spiro atoms. The van der Waals surface area contributed by atoms with Crippen LogP contribution in [0.1, 0.15) is 26.3 Å². The quantitative estimate of drug-likeness (QED) is 0.391. The van der Waals surface area contributed by atoms with Crippen LogP contribution >= 0.6 is 27.5 Å². The van der Waals surface area contributed by atoms with Crippen molar-refractivity contribution in [3.63, 3.8) is 0 Å². The van der Waals surface area contributed by atoms with Gasteiger partial charge in [-0.1, -0.05) is 39.7 Å². The van der Waals surface area contributed by atoms with Gasteiger partial charge >= 0.3 is 0 Å². The molecule has 8 heteroatoms. The van der Waals surface area contributed by atoms with E-state index < -0.39 is 17.6 Å². The standard InChI is InChI=1S/C21H14BrClFN3O2/c22-15-6-9-19(26-20(28)14-4-7-17(24)8-5-14)18(11-15)21(29)27-25-12-13-2-1-3-16(23)10-13/h1-12H,(H,26,28)(H,27,29)/b25-12+. The zero-order chi connectivity index (χ0) is 20.8. The molecule has 0 fully saturated rings. The summed E-state index contributed by atoms with van der Waals surface area (Å²) in [4.78, 5) is 25.0. The van der Waals surface area contributed by atoms with Crippen molar-refractivity contribution in [2.45, 2.75) is 0 Å². The topological polar surface area (TPSA) is 70.6 Å². The number of carbonyl (C=O) groups is 2. The van der Waals surface area contributed by atoms with E-state index in [9.17, 15) is 14.0 Å². The summed E-state index contributed by atoms with van der Waals surface area (Å²) in [5.74, 6) is -1.43. The fourth-order valence-electron chi connectivity index (χ4n) is 2.42. The molecular weight excluding hydrogens is 461 g/mol. The molecule has 0 aliphatic rings.